The lowest BCUT2D eigenvalue weighted by Gasteiger charge is -2.38. The molecule has 3 aliphatic heterocycles. The number of nitrogens with one attached hydrogen (secondary N) is 3. The molecule has 0 aromatic carbocycles. The Balaban J connectivity index is 0.000000658. The molecule has 0 aromatic rings. The van der Waals surface area contributed by atoms with Crippen LogP contribution in [0.1, 0.15) is 97.3 Å². The molecule has 0 aliphatic carbocycles. The van der Waals surface area contributed by atoms with Crippen molar-refractivity contribution in [3.05, 3.63) is 0 Å². The van der Waals surface area contributed by atoms with Gasteiger partial charge in [0.25, 0.3) is 0 Å². The smallest absolute Gasteiger partial charge is 0.430 e. The van der Waals surface area contributed by atoms with Crippen molar-refractivity contribution in [3.8, 4) is 0 Å². The highest BCUT2D eigenvalue weighted by molar-refractivity contribution is 5.81. The summed E-state index contributed by atoms with van der Waals surface area (Å²) in [6.07, 6.45) is 5.44. The second-order valence-electron chi connectivity index (χ2n) is 11.8. The minimum absolute atomic E-state index is 0.0669. The van der Waals surface area contributed by atoms with Crippen molar-refractivity contribution in [1.29, 1.82) is 0 Å². The highest BCUT2D eigenvalue weighted by atomic mass is 19.4. The van der Waals surface area contributed by atoms with Gasteiger partial charge in [-0.25, -0.2) is 0 Å². The first kappa shape index (κ1) is 41.6. The van der Waals surface area contributed by atoms with Crippen LogP contribution in [0, 0.1) is 5.92 Å². The van der Waals surface area contributed by atoms with Crippen LogP contribution in [-0.2, 0) is 19.1 Å². The van der Waals surface area contributed by atoms with Crippen LogP contribution in [0.15, 0.2) is 0 Å². The van der Waals surface area contributed by atoms with Crippen LogP contribution < -0.4 is 37.3 Å². The number of carboxylic acids is 2. The maximum Gasteiger partial charge on any atom is 0.430 e. The van der Waals surface area contributed by atoms with E-state index in [0.717, 1.165) is 25.2 Å². The lowest BCUT2D eigenvalue weighted by atomic mass is 9.89. The topological polar surface area (TPSA) is 200 Å². The molecule has 18 heteroatoms. The Kier molecular flexibility index (Phi) is 17.7. The molecular weight excluding hydrogens is 642 g/mol. The summed E-state index contributed by atoms with van der Waals surface area (Å²) in [5.74, 6) is -4.81. The summed E-state index contributed by atoms with van der Waals surface area (Å²) in [6.45, 7) is 5.53. The Morgan fingerprint density at radius 1 is 0.894 bits per heavy atom. The Morgan fingerprint density at radius 3 is 1.98 bits per heavy atom. The molecule has 5 atom stereocenters. The highest BCUT2D eigenvalue weighted by Gasteiger charge is 2.52. The molecule has 0 aromatic heterocycles. The van der Waals surface area contributed by atoms with E-state index in [-0.39, 0.29) is 29.9 Å². The number of nitrogens with zero attached hydrogens (tertiary/aromatic N) is 1. The zero-order chi connectivity index (χ0) is 35.8. The summed E-state index contributed by atoms with van der Waals surface area (Å²) >= 11 is 0. The van der Waals surface area contributed by atoms with E-state index in [1.165, 1.54) is 64.2 Å². The minimum atomic E-state index is -5.19. The van der Waals surface area contributed by atoms with Gasteiger partial charge in [0, 0.05) is 6.42 Å². The maximum atomic E-state index is 13.0. The number of guanidine groups is 2. The van der Waals surface area contributed by atoms with E-state index in [9.17, 15) is 31.1 Å². The molecule has 3 aliphatic rings. The number of unbranched alkanes of at least 4 members (excludes halogenated alkanes) is 7. The summed E-state index contributed by atoms with van der Waals surface area (Å²) in [5, 5.41) is 25.0. The summed E-state index contributed by atoms with van der Waals surface area (Å²) in [5.41, 5.74) is 10.8. The molecule has 0 unspecified atom stereocenters. The van der Waals surface area contributed by atoms with E-state index in [4.69, 9.17) is 36.0 Å². The molecule has 272 valence electrons. The van der Waals surface area contributed by atoms with E-state index < -0.39 is 24.3 Å². The summed E-state index contributed by atoms with van der Waals surface area (Å²) in [6, 6.07) is 1.41. The molecule has 0 saturated carbocycles. The molecular formula is C29H48F6N6O6. The Hall–Kier alpha value is -3.47. The number of rotatable bonds is 14. The van der Waals surface area contributed by atoms with E-state index in [2.05, 4.69) is 34.0 Å². The van der Waals surface area contributed by atoms with Crippen LogP contribution in [0.3, 0.4) is 0 Å². The Bertz CT molecular complexity index is 1040. The van der Waals surface area contributed by atoms with Crippen molar-refractivity contribution in [2.45, 2.75) is 134 Å². The van der Waals surface area contributed by atoms with Crippen molar-refractivity contribution >= 4 is 29.8 Å². The number of halogens is 6. The second-order valence-corrected chi connectivity index (χ2v) is 11.8. The molecule has 47 heavy (non-hydrogen) atoms. The molecule has 0 bridgehead atoms. The molecule has 3 heterocycles. The van der Waals surface area contributed by atoms with Gasteiger partial charge >= 0.3 is 30.2 Å². The monoisotopic (exact) mass is 690 g/mol. The van der Waals surface area contributed by atoms with Crippen LogP contribution in [-0.4, -0.2) is 84.1 Å². The fourth-order valence-corrected chi connectivity index (χ4v) is 5.88. The van der Waals surface area contributed by atoms with Gasteiger partial charge in [-0.15, -0.1) is 0 Å². The van der Waals surface area contributed by atoms with Crippen LogP contribution in [0.2, 0.25) is 0 Å². The number of hydrogen-bond acceptors (Lipinski definition) is 8. The standard InChI is InChI=1S/C25H46N6O2.2C2HF3O2/c1-3-4-5-6-7-8-9-12-19-17-20-13-14-21-22(18(2)29-25(30-19)31(20)21)23(32)33-16-11-10-15-28-24(26)27;2*3-2(4,5)1(6)7/h18-22H,3-17H2,1-2H3,(H5,26,27,28,29,30);2*(H,6,7)/t18-,19-,20+,21+,22+;;/m1../s1. The molecule has 7 N–H and O–H groups in total. The third kappa shape index (κ3) is 15.3. The first-order valence-electron chi connectivity index (χ1n) is 15.9. The van der Waals surface area contributed by atoms with Gasteiger partial charge in [-0.05, 0) is 39.0 Å². The summed E-state index contributed by atoms with van der Waals surface area (Å²) < 4.78 is 71.2. The van der Waals surface area contributed by atoms with Crippen molar-refractivity contribution < 1.29 is 65.2 Å². The van der Waals surface area contributed by atoms with E-state index >= 15 is 0 Å². The fraction of sp³-hybridized carbons (Fsp3) is 0.828. The largest absolute Gasteiger partial charge is 0.542 e. The van der Waals surface area contributed by atoms with Crippen LogP contribution >= 0.6 is 0 Å². The number of nitrogens with two attached hydrogens (primary N) is 2. The molecule has 0 radical (unpaired) electrons. The van der Waals surface area contributed by atoms with Crippen molar-refractivity contribution in [2.24, 2.45) is 17.4 Å². The lowest BCUT2D eigenvalue weighted by Crippen LogP contribution is -2.78. The second kappa shape index (κ2) is 20.0. The molecule has 0 amide bonds. The zero-order valence-corrected chi connectivity index (χ0v) is 26.8. The van der Waals surface area contributed by atoms with Crippen molar-refractivity contribution in [3.63, 3.8) is 0 Å². The molecule has 1 saturated heterocycles. The maximum absolute atomic E-state index is 13.0. The van der Waals surface area contributed by atoms with Gasteiger partial charge in [-0.3, -0.25) is 36.5 Å². The predicted molar refractivity (Wildman–Crippen MR) is 154 cm³/mol. The Labute approximate surface area is 270 Å². The number of carbonyl (C=O) groups is 3. The fourth-order valence-electron chi connectivity index (χ4n) is 5.88. The minimum Gasteiger partial charge on any atom is -0.542 e. The van der Waals surface area contributed by atoms with Crippen molar-refractivity contribution in [2.75, 3.05) is 13.2 Å². The molecule has 0 spiro atoms. The van der Waals surface area contributed by atoms with Crippen LogP contribution in [0.5, 0.6) is 0 Å². The van der Waals surface area contributed by atoms with Crippen LogP contribution in [0.25, 0.3) is 0 Å². The number of hydrogen-bond donors (Lipinski definition) is 5. The summed E-state index contributed by atoms with van der Waals surface area (Å²) in [7, 11) is 0. The van der Waals surface area contributed by atoms with Gasteiger partial charge in [0.15, 0.2) is 0 Å². The van der Waals surface area contributed by atoms with E-state index in [0.29, 0.717) is 25.2 Å². The Morgan fingerprint density at radius 2 is 1.45 bits per heavy atom. The van der Waals surface area contributed by atoms with Crippen molar-refractivity contribution in [1.82, 2.24) is 10.6 Å². The third-order valence-electron chi connectivity index (χ3n) is 8.06. The third-order valence-corrected chi connectivity index (χ3v) is 8.06. The number of carbonyl (C=O) groups excluding carboxylic acids is 3. The summed E-state index contributed by atoms with van der Waals surface area (Å²) in [4.78, 5) is 33.4. The molecule has 1 fully saturated rings. The van der Waals surface area contributed by atoms with E-state index in [1.807, 2.05) is 0 Å². The first-order chi connectivity index (χ1) is 21.9. The van der Waals surface area contributed by atoms with Gasteiger partial charge in [0.05, 0.1) is 37.3 Å². The highest BCUT2D eigenvalue weighted by Crippen LogP contribution is 2.35. The average Bonchev–Trinajstić information content (AvgIpc) is 3.38. The van der Waals surface area contributed by atoms with Gasteiger partial charge in [0.2, 0.25) is 0 Å². The van der Waals surface area contributed by atoms with Gasteiger partial charge in [-0.1, -0.05) is 51.9 Å². The molecule has 3 rings (SSSR count). The van der Waals surface area contributed by atoms with E-state index in [1.54, 1.807) is 0 Å². The van der Waals surface area contributed by atoms with Crippen LogP contribution in [0.4, 0.5) is 26.3 Å². The number of alkyl halides is 6. The first-order valence-corrected chi connectivity index (χ1v) is 15.9. The quantitative estimate of drug-likeness (QED) is 0.0387. The number of aliphatic carboxylic acids is 2. The molecule has 12 nitrogen and oxygen atoms in total. The lowest BCUT2D eigenvalue weighted by molar-refractivity contribution is -0.598. The van der Waals surface area contributed by atoms with Gasteiger partial charge in [0.1, 0.15) is 17.9 Å². The normalized spacial score (nSPS) is 23.0. The van der Waals surface area contributed by atoms with Gasteiger partial charge in [-0.2, -0.15) is 26.3 Å². The number of esters is 1. The predicted octanol–water partition coefficient (Wildman–Crippen LogP) is -0.729. The SMILES string of the molecule is CCCCCCCCC[C@@H]1C[C@@H]2CC[C@H]3[C@@H](C(=O)OCCCC[NH+]=C(N)N)[C@@H](C)NC(=[N+]23)N1.O=C([O-])C(F)(F)F.O=C([O-])C(F)(F)F. The zero-order valence-electron chi connectivity index (χ0n) is 26.8. The number of ether oxygens (including phenoxy) is 1. The van der Waals surface area contributed by atoms with Gasteiger partial charge < -0.3 is 24.5 Å². The average molecular weight is 691 g/mol. The number of carboxylic acid groups (broad SMARTS) is 2.